The van der Waals surface area contributed by atoms with E-state index in [4.69, 9.17) is 5.11 Å². The van der Waals surface area contributed by atoms with E-state index in [0.29, 0.717) is 20.4 Å². The standard InChI is InChI=1S/C14H9BrN2O4S/c15-8-2-1-3-9(6-8)17-13(20)12-10(4-5-22-12)16(14(17)21)7-11(18)19/h1-6H,7H2,(H,18,19). The van der Waals surface area contributed by atoms with Gasteiger partial charge in [0.1, 0.15) is 11.2 Å². The number of aliphatic carboxylic acids is 1. The predicted octanol–water partition coefficient (Wildman–Crippen LogP) is 2.06. The van der Waals surface area contributed by atoms with Crippen molar-refractivity contribution in [3.05, 3.63) is 61.0 Å². The summed E-state index contributed by atoms with van der Waals surface area (Å²) in [6, 6.07) is 8.31. The van der Waals surface area contributed by atoms with E-state index in [1.807, 2.05) is 0 Å². The number of hydrogen-bond donors (Lipinski definition) is 1. The number of rotatable bonds is 3. The fourth-order valence-electron chi connectivity index (χ4n) is 2.22. The molecule has 0 atom stereocenters. The van der Waals surface area contributed by atoms with E-state index in [0.717, 1.165) is 9.13 Å². The van der Waals surface area contributed by atoms with Crippen molar-refractivity contribution in [2.45, 2.75) is 6.54 Å². The number of nitrogens with zero attached hydrogens (tertiary/aromatic N) is 2. The third-order valence-electron chi connectivity index (χ3n) is 3.11. The van der Waals surface area contributed by atoms with Gasteiger partial charge in [0, 0.05) is 4.47 Å². The lowest BCUT2D eigenvalue weighted by Crippen LogP contribution is -2.39. The third kappa shape index (κ3) is 2.40. The molecule has 0 radical (unpaired) electrons. The molecule has 0 saturated carbocycles. The second kappa shape index (κ2) is 5.54. The Morgan fingerprint density at radius 1 is 1.27 bits per heavy atom. The number of fused-ring (bicyclic) bond motifs is 1. The Morgan fingerprint density at radius 2 is 2.05 bits per heavy atom. The number of hydrogen-bond acceptors (Lipinski definition) is 4. The Bertz CT molecular complexity index is 1000. The van der Waals surface area contributed by atoms with Gasteiger partial charge in [0.25, 0.3) is 5.56 Å². The van der Waals surface area contributed by atoms with Crippen LogP contribution in [0.15, 0.2) is 49.8 Å². The number of aromatic nitrogens is 2. The van der Waals surface area contributed by atoms with E-state index in [-0.39, 0.29) is 0 Å². The Labute approximate surface area is 136 Å². The highest BCUT2D eigenvalue weighted by Crippen LogP contribution is 2.18. The fourth-order valence-corrected chi connectivity index (χ4v) is 3.43. The first-order valence-corrected chi connectivity index (χ1v) is 7.87. The minimum Gasteiger partial charge on any atom is -0.480 e. The minimum absolute atomic E-state index is 0.341. The Hall–Kier alpha value is -2.19. The third-order valence-corrected chi connectivity index (χ3v) is 4.50. The molecule has 3 aromatic rings. The first-order chi connectivity index (χ1) is 10.5. The highest BCUT2D eigenvalue weighted by Gasteiger charge is 2.17. The molecule has 2 aromatic heterocycles. The molecular weight excluding hydrogens is 372 g/mol. The van der Waals surface area contributed by atoms with E-state index in [1.54, 1.807) is 35.7 Å². The maximum absolute atomic E-state index is 12.6. The molecule has 0 aliphatic carbocycles. The van der Waals surface area contributed by atoms with Gasteiger partial charge >= 0.3 is 11.7 Å². The smallest absolute Gasteiger partial charge is 0.336 e. The van der Waals surface area contributed by atoms with Crippen molar-refractivity contribution >= 4 is 43.5 Å². The van der Waals surface area contributed by atoms with E-state index in [2.05, 4.69) is 15.9 Å². The average Bonchev–Trinajstić information content (AvgIpc) is 2.93. The molecule has 0 aliphatic heterocycles. The Balaban J connectivity index is 2.42. The average molecular weight is 381 g/mol. The molecular formula is C14H9BrN2O4S. The second-order valence-corrected chi connectivity index (χ2v) is 6.35. The second-order valence-electron chi connectivity index (χ2n) is 4.52. The zero-order valence-electron chi connectivity index (χ0n) is 11.0. The van der Waals surface area contributed by atoms with E-state index < -0.39 is 23.8 Å². The molecule has 0 aliphatic rings. The zero-order valence-corrected chi connectivity index (χ0v) is 13.4. The van der Waals surface area contributed by atoms with Gasteiger partial charge in [0.15, 0.2) is 0 Å². The molecule has 0 spiro atoms. The number of halogens is 1. The van der Waals surface area contributed by atoms with Crippen LogP contribution in [0.25, 0.3) is 15.9 Å². The van der Waals surface area contributed by atoms with Gasteiger partial charge in [-0.05, 0) is 29.6 Å². The summed E-state index contributed by atoms with van der Waals surface area (Å²) in [6.45, 7) is -0.500. The van der Waals surface area contributed by atoms with Crippen molar-refractivity contribution < 1.29 is 9.90 Å². The topological polar surface area (TPSA) is 81.3 Å². The number of carboxylic acids is 1. The summed E-state index contributed by atoms with van der Waals surface area (Å²) in [6.07, 6.45) is 0. The fraction of sp³-hybridized carbons (Fsp3) is 0.0714. The van der Waals surface area contributed by atoms with Crippen molar-refractivity contribution in [2.75, 3.05) is 0 Å². The number of benzene rings is 1. The van der Waals surface area contributed by atoms with Crippen LogP contribution in [0, 0.1) is 0 Å². The quantitative estimate of drug-likeness (QED) is 0.753. The van der Waals surface area contributed by atoms with E-state index in [1.165, 1.54) is 11.3 Å². The summed E-state index contributed by atoms with van der Waals surface area (Å²) in [4.78, 5) is 36.2. The molecule has 1 aromatic carbocycles. The van der Waals surface area contributed by atoms with Crippen LogP contribution in [-0.2, 0) is 11.3 Å². The van der Waals surface area contributed by atoms with Gasteiger partial charge in [-0.25, -0.2) is 9.36 Å². The molecule has 3 rings (SSSR count). The summed E-state index contributed by atoms with van der Waals surface area (Å²) in [5.41, 5.74) is -0.390. The maximum Gasteiger partial charge on any atom is 0.336 e. The van der Waals surface area contributed by atoms with Crippen LogP contribution >= 0.6 is 27.3 Å². The summed E-state index contributed by atoms with van der Waals surface area (Å²) in [5, 5.41) is 10.7. The van der Waals surface area contributed by atoms with Gasteiger partial charge < -0.3 is 5.11 Å². The van der Waals surface area contributed by atoms with Gasteiger partial charge in [0.05, 0.1) is 11.2 Å². The maximum atomic E-state index is 12.6. The van der Waals surface area contributed by atoms with Gasteiger partial charge in [-0.1, -0.05) is 22.0 Å². The molecule has 1 N–H and O–H groups in total. The first kappa shape index (κ1) is 14.7. The van der Waals surface area contributed by atoms with Gasteiger partial charge in [-0.15, -0.1) is 11.3 Å². The molecule has 6 nitrogen and oxygen atoms in total. The van der Waals surface area contributed by atoms with Crippen LogP contribution in [0.2, 0.25) is 0 Å². The molecule has 0 amide bonds. The zero-order chi connectivity index (χ0) is 15.9. The van der Waals surface area contributed by atoms with Crippen molar-refractivity contribution in [3.8, 4) is 5.69 Å². The van der Waals surface area contributed by atoms with Crippen molar-refractivity contribution in [1.29, 1.82) is 0 Å². The number of carbonyl (C=O) groups is 1. The predicted molar refractivity (Wildman–Crippen MR) is 87.0 cm³/mol. The van der Waals surface area contributed by atoms with Crippen LogP contribution in [0.4, 0.5) is 0 Å². The van der Waals surface area contributed by atoms with Crippen LogP contribution < -0.4 is 11.2 Å². The van der Waals surface area contributed by atoms with Crippen molar-refractivity contribution in [1.82, 2.24) is 9.13 Å². The van der Waals surface area contributed by atoms with E-state index >= 15 is 0 Å². The lowest BCUT2D eigenvalue weighted by atomic mass is 10.3. The minimum atomic E-state index is -1.14. The van der Waals surface area contributed by atoms with Crippen molar-refractivity contribution in [2.24, 2.45) is 0 Å². The van der Waals surface area contributed by atoms with E-state index in [9.17, 15) is 14.4 Å². The molecule has 0 fully saturated rings. The number of thiophene rings is 1. The number of carboxylic acid groups (broad SMARTS) is 1. The van der Waals surface area contributed by atoms with Crippen LogP contribution in [0.1, 0.15) is 0 Å². The largest absolute Gasteiger partial charge is 0.480 e. The summed E-state index contributed by atoms with van der Waals surface area (Å²) in [5.74, 6) is -1.14. The van der Waals surface area contributed by atoms with Gasteiger partial charge in [-0.3, -0.25) is 14.2 Å². The highest BCUT2D eigenvalue weighted by molar-refractivity contribution is 9.10. The summed E-state index contributed by atoms with van der Waals surface area (Å²) >= 11 is 4.47. The Morgan fingerprint density at radius 3 is 2.73 bits per heavy atom. The van der Waals surface area contributed by atoms with Crippen LogP contribution in [-0.4, -0.2) is 20.2 Å². The summed E-state index contributed by atoms with van der Waals surface area (Å²) in [7, 11) is 0. The van der Waals surface area contributed by atoms with Gasteiger partial charge in [-0.2, -0.15) is 0 Å². The molecule has 0 saturated heterocycles. The molecule has 8 heteroatoms. The molecule has 2 heterocycles. The lowest BCUT2D eigenvalue weighted by molar-refractivity contribution is -0.137. The monoisotopic (exact) mass is 380 g/mol. The molecule has 112 valence electrons. The molecule has 22 heavy (non-hydrogen) atoms. The molecule has 0 bridgehead atoms. The lowest BCUT2D eigenvalue weighted by Gasteiger charge is -2.10. The SMILES string of the molecule is O=C(O)Cn1c(=O)n(-c2cccc(Br)c2)c(=O)c2sccc21. The van der Waals surface area contributed by atoms with Crippen molar-refractivity contribution in [3.63, 3.8) is 0 Å². The van der Waals surface area contributed by atoms with Crippen LogP contribution in [0.5, 0.6) is 0 Å². The summed E-state index contributed by atoms with van der Waals surface area (Å²) < 4.78 is 3.15. The van der Waals surface area contributed by atoms with Crippen LogP contribution in [0.3, 0.4) is 0 Å². The van der Waals surface area contributed by atoms with Gasteiger partial charge in [0.2, 0.25) is 0 Å². The first-order valence-electron chi connectivity index (χ1n) is 6.20. The molecule has 0 unspecified atom stereocenters. The normalized spacial score (nSPS) is 11.0. The Kier molecular flexibility index (Phi) is 3.71. The highest BCUT2D eigenvalue weighted by atomic mass is 79.9.